The number of aromatic amines is 1. The number of rotatable bonds is 6. The molecule has 0 atom stereocenters. The second kappa shape index (κ2) is 7.00. The first-order valence-corrected chi connectivity index (χ1v) is 8.72. The molecular weight excluding hydrogens is 336 g/mol. The monoisotopic (exact) mass is 352 g/mol. The van der Waals surface area contributed by atoms with Crippen LogP contribution in [-0.4, -0.2) is 27.5 Å². The summed E-state index contributed by atoms with van der Waals surface area (Å²) in [6.07, 6.45) is 0. The number of hydrogen-bond acceptors (Lipinski definition) is 5. The van der Waals surface area contributed by atoms with Crippen LogP contribution in [0, 0.1) is 0 Å². The van der Waals surface area contributed by atoms with Crippen molar-refractivity contribution < 1.29 is 9.53 Å². The van der Waals surface area contributed by atoms with Crippen molar-refractivity contribution in [1.82, 2.24) is 20.3 Å². The van der Waals surface area contributed by atoms with Crippen molar-refractivity contribution in [3.63, 3.8) is 0 Å². The molecule has 0 aliphatic rings. The maximum absolute atomic E-state index is 11.9. The Balaban J connectivity index is 1.26. The van der Waals surface area contributed by atoms with E-state index in [1.54, 1.807) is 11.3 Å². The average Bonchev–Trinajstić information content (AvgIpc) is 3.23. The molecule has 2 N–H and O–H groups in total. The summed E-state index contributed by atoms with van der Waals surface area (Å²) in [7, 11) is 0. The van der Waals surface area contributed by atoms with Crippen LogP contribution in [0.15, 0.2) is 48.5 Å². The molecule has 0 saturated heterocycles. The number of nitrogens with one attached hydrogen (secondary N) is 2. The van der Waals surface area contributed by atoms with E-state index in [9.17, 15) is 4.79 Å². The van der Waals surface area contributed by atoms with Crippen molar-refractivity contribution in [3.05, 3.63) is 59.4 Å². The Morgan fingerprint density at radius 3 is 2.72 bits per heavy atom. The van der Waals surface area contributed by atoms with Gasteiger partial charge in [0.25, 0.3) is 0 Å². The smallest absolute Gasteiger partial charge is 0.246 e. The largest absolute Gasteiger partial charge is 0.364 e. The standard InChI is InChI=1S/C18H16N4O2S/c23-17(19-9-16-20-12-5-1-2-6-13(12)21-16)10-24-11-18-22-14-7-3-4-8-15(14)25-18/h1-8H,9-11H2,(H,19,23)(H,20,21). The fourth-order valence-corrected chi connectivity index (χ4v) is 3.44. The minimum atomic E-state index is -0.179. The number of para-hydroxylation sites is 3. The Morgan fingerprint density at radius 1 is 1.08 bits per heavy atom. The van der Waals surface area contributed by atoms with Crippen molar-refractivity contribution >= 4 is 38.5 Å². The van der Waals surface area contributed by atoms with Gasteiger partial charge in [0.15, 0.2) is 0 Å². The van der Waals surface area contributed by atoms with Gasteiger partial charge in [-0.1, -0.05) is 24.3 Å². The van der Waals surface area contributed by atoms with Gasteiger partial charge >= 0.3 is 0 Å². The summed E-state index contributed by atoms with van der Waals surface area (Å²) in [5, 5.41) is 3.67. The maximum atomic E-state index is 11.9. The lowest BCUT2D eigenvalue weighted by Crippen LogP contribution is -2.27. The molecule has 25 heavy (non-hydrogen) atoms. The number of carbonyl (C=O) groups excluding carboxylic acids is 1. The van der Waals surface area contributed by atoms with E-state index in [4.69, 9.17) is 4.74 Å². The molecule has 0 radical (unpaired) electrons. The zero-order valence-corrected chi connectivity index (χ0v) is 14.2. The highest BCUT2D eigenvalue weighted by atomic mass is 32.1. The number of thiazole rings is 1. The second-order valence-corrected chi connectivity index (χ2v) is 6.66. The molecule has 126 valence electrons. The Labute approximate surface area is 147 Å². The molecule has 0 spiro atoms. The average molecular weight is 352 g/mol. The zero-order valence-electron chi connectivity index (χ0n) is 13.4. The van der Waals surface area contributed by atoms with Gasteiger partial charge in [-0.05, 0) is 24.3 Å². The molecule has 0 saturated carbocycles. The highest BCUT2D eigenvalue weighted by molar-refractivity contribution is 7.18. The minimum Gasteiger partial charge on any atom is -0.364 e. The summed E-state index contributed by atoms with van der Waals surface area (Å²) in [4.78, 5) is 24.0. The maximum Gasteiger partial charge on any atom is 0.246 e. The molecule has 0 bridgehead atoms. The summed E-state index contributed by atoms with van der Waals surface area (Å²) < 4.78 is 6.58. The summed E-state index contributed by atoms with van der Waals surface area (Å²) in [6.45, 7) is 0.672. The molecule has 0 unspecified atom stereocenters. The van der Waals surface area contributed by atoms with Gasteiger partial charge in [0.1, 0.15) is 17.4 Å². The molecule has 0 aliphatic carbocycles. The summed E-state index contributed by atoms with van der Waals surface area (Å²) in [5.74, 6) is 0.544. The SMILES string of the molecule is O=C(COCc1nc2ccccc2s1)NCc1nc2ccccc2[nH]1. The van der Waals surface area contributed by atoms with Crippen LogP contribution in [-0.2, 0) is 22.7 Å². The van der Waals surface area contributed by atoms with Gasteiger partial charge in [-0.3, -0.25) is 4.79 Å². The number of imidazole rings is 1. The number of nitrogens with zero attached hydrogens (tertiary/aromatic N) is 2. The number of aromatic nitrogens is 3. The Hall–Kier alpha value is -2.77. The number of carbonyl (C=O) groups is 1. The molecule has 0 aliphatic heterocycles. The lowest BCUT2D eigenvalue weighted by molar-refractivity contribution is -0.126. The van der Waals surface area contributed by atoms with E-state index in [2.05, 4.69) is 20.3 Å². The van der Waals surface area contributed by atoms with Crippen LogP contribution in [0.1, 0.15) is 10.8 Å². The summed E-state index contributed by atoms with van der Waals surface area (Å²) in [6, 6.07) is 15.7. The number of hydrogen-bond donors (Lipinski definition) is 2. The Bertz CT molecular complexity index is 958. The van der Waals surface area contributed by atoms with Crippen LogP contribution in [0.2, 0.25) is 0 Å². The van der Waals surface area contributed by atoms with Gasteiger partial charge < -0.3 is 15.0 Å². The Kier molecular flexibility index (Phi) is 4.41. The second-order valence-electron chi connectivity index (χ2n) is 5.55. The molecule has 2 aromatic carbocycles. The fraction of sp³-hybridized carbons (Fsp3) is 0.167. The van der Waals surface area contributed by atoms with Crippen LogP contribution >= 0.6 is 11.3 Å². The van der Waals surface area contributed by atoms with Gasteiger partial charge in [-0.2, -0.15) is 0 Å². The number of benzene rings is 2. The van der Waals surface area contributed by atoms with Crippen LogP contribution in [0.3, 0.4) is 0 Å². The van der Waals surface area contributed by atoms with Crippen molar-refractivity contribution in [3.8, 4) is 0 Å². The normalized spacial score (nSPS) is 11.2. The molecule has 4 rings (SSSR count). The van der Waals surface area contributed by atoms with E-state index < -0.39 is 0 Å². The number of H-pyrrole nitrogens is 1. The zero-order chi connectivity index (χ0) is 17.1. The molecule has 1 amide bonds. The van der Waals surface area contributed by atoms with E-state index in [-0.39, 0.29) is 12.5 Å². The lowest BCUT2D eigenvalue weighted by Gasteiger charge is -2.03. The molecule has 6 nitrogen and oxygen atoms in total. The highest BCUT2D eigenvalue weighted by Crippen LogP contribution is 2.21. The summed E-state index contributed by atoms with van der Waals surface area (Å²) in [5.41, 5.74) is 2.80. The van der Waals surface area contributed by atoms with Crippen LogP contribution in [0.4, 0.5) is 0 Å². The van der Waals surface area contributed by atoms with E-state index in [0.29, 0.717) is 13.2 Å². The van der Waals surface area contributed by atoms with Gasteiger partial charge in [0, 0.05) is 0 Å². The number of amides is 1. The molecule has 0 fully saturated rings. The van der Waals surface area contributed by atoms with E-state index >= 15 is 0 Å². The fourth-order valence-electron chi connectivity index (χ4n) is 2.54. The van der Waals surface area contributed by atoms with Gasteiger partial charge in [0.05, 0.1) is 34.4 Å². The van der Waals surface area contributed by atoms with E-state index in [1.807, 2.05) is 48.5 Å². The van der Waals surface area contributed by atoms with Crippen molar-refractivity contribution in [1.29, 1.82) is 0 Å². The van der Waals surface area contributed by atoms with Crippen LogP contribution in [0.5, 0.6) is 0 Å². The third kappa shape index (κ3) is 3.67. The predicted molar refractivity (Wildman–Crippen MR) is 97.2 cm³/mol. The minimum absolute atomic E-state index is 0.00382. The van der Waals surface area contributed by atoms with Crippen LogP contribution < -0.4 is 5.32 Å². The predicted octanol–water partition coefficient (Wildman–Crippen LogP) is 3.01. The van der Waals surface area contributed by atoms with E-state index in [1.165, 1.54) is 0 Å². The molecule has 2 aromatic heterocycles. The molecule has 2 heterocycles. The van der Waals surface area contributed by atoms with E-state index in [0.717, 1.165) is 32.1 Å². The first kappa shape index (κ1) is 15.7. The molecular formula is C18H16N4O2S. The molecule has 4 aromatic rings. The summed E-state index contributed by atoms with van der Waals surface area (Å²) >= 11 is 1.58. The third-order valence-electron chi connectivity index (χ3n) is 3.69. The quantitative estimate of drug-likeness (QED) is 0.559. The topological polar surface area (TPSA) is 79.9 Å². The first-order valence-electron chi connectivity index (χ1n) is 7.90. The Morgan fingerprint density at radius 2 is 1.88 bits per heavy atom. The number of ether oxygens (including phenoxy) is 1. The highest BCUT2D eigenvalue weighted by Gasteiger charge is 2.07. The molecule has 7 heteroatoms. The van der Waals surface area contributed by atoms with Gasteiger partial charge in [0.2, 0.25) is 5.91 Å². The van der Waals surface area contributed by atoms with Gasteiger partial charge in [-0.15, -0.1) is 11.3 Å². The number of fused-ring (bicyclic) bond motifs is 2. The van der Waals surface area contributed by atoms with Gasteiger partial charge in [-0.25, -0.2) is 9.97 Å². The third-order valence-corrected chi connectivity index (χ3v) is 4.70. The van der Waals surface area contributed by atoms with Crippen molar-refractivity contribution in [2.75, 3.05) is 6.61 Å². The first-order chi connectivity index (χ1) is 12.3. The van der Waals surface area contributed by atoms with Crippen molar-refractivity contribution in [2.24, 2.45) is 0 Å². The van der Waals surface area contributed by atoms with Crippen LogP contribution in [0.25, 0.3) is 21.3 Å². The lowest BCUT2D eigenvalue weighted by atomic mass is 10.3. The van der Waals surface area contributed by atoms with Crippen molar-refractivity contribution in [2.45, 2.75) is 13.2 Å².